The van der Waals surface area contributed by atoms with Crippen LogP contribution in [0.5, 0.6) is 0 Å². The summed E-state index contributed by atoms with van der Waals surface area (Å²) in [6.45, 7) is 2.68. The van der Waals surface area contributed by atoms with Crippen LogP contribution in [0.1, 0.15) is 12.5 Å². The van der Waals surface area contributed by atoms with Crippen LogP contribution in [-0.2, 0) is 11.2 Å². The van der Waals surface area contributed by atoms with Crippen molar-refractivity contribution in [2.45, 2.75) is 19.4 Å². The first-order valence-corrected chi connectivity index (χ1v) is 6.09. The zero-order chi connectivity index (χ0) is 12.0. The number of hydrogen-bond donors (Lipinski definition) is 2. The Kier molecular flexibility index (Phi) is 8.21. The maximum Gasteiger partial charge on any atom is 0.224 e. The van der Waals surface area contributed by atoms with Crippen molar-refractivity contribution < 1.29 is 4.79 Å². The molecule has 0 aliphatic carbocycles. The van der Waals surface area contributed by atoms with E-state index >= 15 is 0 Å². The van der Waals surface area contributed by atoms with Gasteiger partial charge in [-0.3, -0.25) is 4.79 Å². The van der Waals surface area contributed by atoms with Gasteiger partial charge in [0.25, 0.3) is 0 Å². The first kappa shape index (κ1) is 16.4. The maximum absolute atomic E-state index is 11.6. The van der Waals surface area contributed by atoms with Crippen LogP contribution >= 0.6 is 28.3 Å². The van der Waals surface area contributed by atoms with Crippen LogP contribution in [0, 0.1) is 0 Å². The zero-order valence-electron chi connectivity index (χ0n) is 10.00. The van der Waals surface area contributed by atoms with Gasteiger partial charge in [-0.1, -0.05) is 28.1 Å². The molecule has 0 fully saturated rings. The molecule has 1 rings (SSSR count). The maximum atomic E-state index is 11.6. The first-order valence-electron chi connectivity index (χ1n) is 5.30. The lowest BCUT2D eigenvalue weighted by Gasteiger charge is -2.11. The number of halogens is 2. The second kappa shape index (κ2) is 8.50. The molecule has 1 unspecified atom stereocenters. The largest absolute Gasteiger partial charge is 0.354 e. The topological polar surface area (TPSA) is 41.1 Å². The Morgan fingerprint density at radius 2 is 2.18 bits per heavy atom. The molecule has 0 aliphatic heterocycles. The molecule has 1 aromatic rings. The monoisotopic (exact) mass is 320 g/mol. The summed E-state index contributed by atoms with van der Waals surface area (Å²) in [5.41, 5.74) is 1.02. The summed E-state index contributed by atoms with van der Waals surface area (Å²) < 4.78 is 1.00. The van der Waals surface area contributed by atoms with E-state index in [-0.39, 0.29) is 18.3 Å². The molecule has 0 saturated heterocycles. The number of hydrogen-bond acceptors (Lipinski definition) is 2. The molecule has 0 radical (unpaired) electrons. The van der Waals surface area contributed by atoms with Gasteiger partial charge in [-0.05, 0) is 31.7 Å². The second-order valence-corrected chi connectivity index (χ2v) is 4.72. The molecule has 5 heteroatoms. The molecule has 17 heavy (non-hydrogen) atoms. The van der Waals surface area contributed by atoms with Gasteiger partial charge in [0.2, 0.25) is 5.91 Å². The number of amides is 1. The van der Waals surface area contributed by atoms with E-state index in [0.29, 0.717) is 19.0 Å². The van der Waals surface area contributed by atoms with E-state index < -0.39 is 0 Å². The summed E-state index contributed by atoms with van der Waals surface area (Å²) in [5, 5.41) is 5.96. The lowest BCUT2D eigenvalue weighted by atomic mass is 10.1. The van der Waals surface area contributed by atoms with Gasteiger partial charge >= 0.3 is 0 Å². The predicted molar refractivity (Wildman–Crippen MR) is 76.6 cm³/mol. The number of likely N-dealkylation sites (N-methyl/N-ethyl adjacent to an activating group) is 1. The third-order valence-corrected chi connectivity index (χ3v) is 2.85. The Morgan fingerprint density at radius 1 is 1.47 bits per heavy atom. The minimum Gasteiger partial charge on any atom is -0.354 e. The van der Waals surface area contributed by atoms with Crippen molar-refractivity contribution in [3.63, 3.8) is 0 Å². The fraction of sp³-hybridized carbons (Fsp3) is 0.417. The van der Waals surface area contributed by atoms with Crippen molar-refractivity contribution in [3.05, 3.63) is 34.3 Å². The Morgan fingerprint density at radius 3 is 2.76 bits per heavy atom. The molecule has 96 valence electrons. The zero-order valence-corrected chi connectivity index (χ0v) is 12.4. The van der Waals surface area contributed by atoms with Crippen molar-refractivity contribution in [2.24, 2.45) is 0 Å². The van der Waals surface area contributed by atoms with E-state index in [1.165, 1.54) is 0 Å². The van der Waals surface area contributed by atoms with Crippen LogP contribution in [0.2, 0.25) is 0 Å². The minimum atomic E-state index is 0. The summed E-state index contributed by atoms with van der Waals surface area (Å²) in [6.07, 6.45) is 0.426. The van der Waals surface area contributed by atoms with Gasteiger partial charge in [0.1, 0.15) is 0 Å². The summed E-state index contributed by atoms with van der Waals surface area (Å²) in [7, 11) is 1.88. The SMILES string of the molecule is CNC(C)CNC(=O)Cc1cccc(Br)c1.Cl. The third kappa shape index (κ3) is 6.66. The Balaban J connectivity index is 0.00000256. The number of rotatable bonds is 5. The van der Waals surface area contributed by atoms with E-state index in [9.17, 15) is 4.79 Å². The quantitative estimate of drug-likeness (QED) is 0.872. The number of benzene rings is 1. The standard InChI is InChI=1S/C12H17BrN2O.ClH/c1-9(14-2)8-15-12(16)7-10-4-3-5-11(13)6-10;/h3-6,9,14H,7-8H2,1-2H3,(H,15,16);1H. The number of carbonyl (C=O) groups is 1. The van der Waals surface area contributed by atoms with Crippen molar-refractivity contribution in [2.75, 3.05) is 13.6 Å². The van der Waals surface area contributed by atoms with Crippen molar-refractivity contribution in [1.29, 1.82) is 0 Å². The molecule has 0 aliphatic rings. The van der Waals surface area contributed by atoms with Crippen LogP contribution < -0.4 is 10.6 Å². The van der Waals surface area contributed by atoms with Gasteiger partial charge in [0.15, 0.2) is 0 Å². The van der Waals surface area contributed by atoms with Gasteiger partial charge in [-0.15, -0.1) is 12.4 Å². The lowest BCUT2D eigenvalue weighted by molar-refractivity contribution is -0.120. The molecule has 0 heterocycles. The van der Waals surface area contributed by atoms with E-state index in [4.69, 9.17) is 0 Å². The smallest absolute Gasteiger partial charge is 0.224 e. The highest BCUT2D eigenvalue weighted by atomic mass is 79.9. The molecule has 2 N–H and O–H groups in total. The van der Waals surface area contributed by atoms with Crippen LogP contribution in [0.3, 0.4) is 0 Å². The normalized spacial score (nSPS) is 11.5. The van der Waals surface area contributed by atoms with Gasteiger partial charge in [-0.2, -0.15) is 0 Å². The Bertz CT molecular complexity index is 360. The summed E-state index contributed by atoms with van der Waals surface area (Å²) in [6, 6.07) is 8.09. The Labute approximate surface area is 117 Å². The van der Waals surface area contributed by atoms with Crippen molar-refractivity contribution in [1.82, 2.24) is 10.6 Å². The highest BCUT2D eigenvalue weighted by Gasteiger charge is 2.05. The first-order chi connectivity index (χ1) is 7.61. The fourth-order valence-corrected chi connectivity index (χ4v) is 1.71. The van der Waals surface area contributed by atoms with Crippen molar-refractivity contribution >= 4 is 34.2 Å². The summed E-state index contributed by atoms with van der Waals surface area (Å²) in [5.74, 6) is 0.0557. The van der Waals surface area contributed by atoms with E-state index in [0.717, 1.165) is 10.0 Å². The highest BCUT2D eigenvalue weighted by molar-refractivity contribution is 9.10. The van der Waals surface area contributed by atoms with Crippen LogP contribution in [0.15, 0.2) is 28.7 Å². The van der Waals surface area contributed by atoms with Crippen molar-refractivity contribution in [3.8, 4) is 0 Å². The number of nitrogens with one attached hydrogen (secondary N) is 2. The van der Waals surface area contributed by atoms with Crippen LogP contribution in [-0.4, -0.2) is 25.5 Å². The fourth-order valence-electron chi connectivity index (χ4n) is 1.26. The van der Waals surface area contributed by atoms with Gasteiger partial charge in [-0.25, -0.2) is 0 Å². The van der Waals surface area contributed by atoms with E-state index in [1.54, 1.807) is 0 Å². The third-order valence-electron chi connectivity index (χ3n) is 2.35. The molecule has 0 saturated carbocycles. The Hall–Kier alpha value is -0.580. The van der Waals surface area contributed by atoms with Gasteiger partial charge in [0.05, 0.1) is 6.42 Å². The molecular formula is C12H18BrClN2O. The molecule has 1 amide bonds. The van der Waals surface area contributed by atoms with E-state index in [2.05, 4.69) is 26.6 Å². The van der Waals surface area contributed by atoms with Crippen LogP contribution in [0.4, 0.5) is 0 Å². The highest BCUT2D eigenvalue weighted by Crippen LogP contribution is 2.11. The molecule has 0 aromatic heterocycles. The van der Waals surface area contributed by atoms with Gasteiger partial charge in [0, 0.05) is 17.1 Å². The molecule has 1 aromatic carbocycles. The molecule has 0 spiro atoms. The molecule has 3 nitrogen and oxygen atoms in total. The number of carbonyl (C=O) groups excluding carboxylic acids is 1. The van der Waals surface area contributed by atoms with E-state index in [1.807, 2.05) is 38.2 Å². The van der Waals surface area contributed by atoms with Gasteiger partial charge < -0.3 is 10.6 Å². The summed E-state index contributed by atoms with van der Waals surface area (Å²) in [4.78, 5) is 11.6. The second-order valence-electron chi connectivity index (χ2n) is 3.80. The lowest BCUT2D eigenvalue weighted by Crippen LogP contribution is -2.37. The average Bonchev–Trinajstić information content (AvgIpc) is 2.26. The minimum absolute atomic E-state index is 0. The summed E-state index contributed by atoms with van der Waals surface area (Å²) >= 11 is 3.38. The molecule has 0 bridgehead atoms. The molecule has 1 atom stereocenters. The average molecular weight is 322 g/mol. The van der Waals surface area contributed by atoms with Crippen LogP contribution in [0.25, 0.3) is 0 Å². The predicted octanol–water partition coefficient (Wildman–Crippen LogP) is 2.14. The molecular weight excluding hydrogens is 304 g/mol.